The number of hydrogen-bond acceptors (Lipinski definition) is 5. The molecule has 1 aliphatic heterocycles. The zero-order chi connectivity index (χ0) is 17.2. The van der Waals surface area contributed by atoms with E-state index in [1.54, 1.807) is 0 Å². The Balaban J connectivity index is 1.94. The molecule has 2 rings (SSSR count). The van der Waals surface area contributed by atoms with Crippen LogP contribution < -0.4 is 0 Å². The molecule has 5 heteroatoms. The predicted molar refractivity (Wildman–Crippen MR) is 95.1 cm³/mol. The van der Waals surface area contributed by atoms with Crippen molar-refractivity contribution in [2.24, 2.45) is 4.99 Å². The molecule has 1 N–H and O–H groups in total. The molecular weight excluding hydrogens is 304 g/mol. The molecule has 0 aliphatic carbocycles. The van der Waals surface area contributed by atoms with Crippen LogP contribution in [-0.4, -0.2) is 51.7 Å². The summed E-state index contributed by atoms with van der Waals surface area (Å²) in [6.45, 7) is 5.00. The van der Waals surface area contributed by atoms with Crippen LogP contribution in [0.1, 0.15) is 30.0 Å². The number of benzene rings is 1. The summed E-state index contributed by atoms with van der Waals surface area (Å²) in [6.07, 6.45) is 1.34. The highest BCUT2D eigenvalue weighted by Crippen LogP contribution is 2.19. The average Bonchev–Trinajstić information content (AvgIpc) is 2.61. The van der Waals surface area contributed by atoms with Crippen LogP contribution in [0.2, 0.25) is 0 Å². The molecule has 0 spiro atoms. The van der Waals surface area contributed by atoms with Crippen molar-refractivity contribution in [1.29, 1.82) is 5.41 Å². The summed E-state index contributed by atoms with van der Waals surface area (Å²) in [5.74, 6) is 6.39. The number of methoxy groups -OCH3 is 1. The number of rotatable bonds is 7. The molecule has 24 heavy (non-hydrogen) atoms. The molecule has 0 atom stereocenters. The summed E-state index contributed by atoms with van der Waals surface area (Å²) >= 11 is 0. The zero-order valence-electron chi connectivity index (χ0n) is 14.4. The lowest BCUT2D eigenvalue weighted by Crippen LogP contribution is -2.17. The van der Waals surface area contributed by atoms with Gasteiger partial charge in [0.25, 0.3) is 0 Å². The third-order valence-electron chi connectivity index (χ3n) is 3.66. The van der Waals surface area contributed by atoms with Crippen molar-refractivity contribution in [3.63, 3.8) is 0 Å². The molecule has 1 aromatic carbocycles. The van der Waals surface area contributed by atoms with Crippen molar-refractivity contribution >= 4 is 11.6 Å². The van der Waals surface area contributed by atoms with Crippen LogP contribution in [0.3, 0.4) is 0 Å². The molecule has 0 aromatic heterocycles. The normalized spacial score (nSPS) is 12.7. The van der Waals surface area contributed by atoms with E-state index in [0.717, 1.165) is 29.8 Å². The van der Waals surface area contributed by atoms with Gasteiger partial charge in [0.1, 0.15) is 6.61 Å². The molecule has 0 saturated heterocycles. The van der Waals surface area contributed by atoms with Crippen molar-refractivity contribution < 1.29 is 14.2 Å². The van der Waals surface area contributed by atoms with E-state index >= 15 is 0 Å². The van der Waals surface area contributed by atoms with E-state index in [-0.39, 0.29) is 5.90 Å². The Bertz CT molecular complexity index is 656. The molecule has 0 saturated carbocycles. The van der Waals surface area contributed by atoms with E-state index in [0.29, 0.717) is 32.8 Å². The zero-order valence-corrected chi connectivity index (χ0v) is 14.4. The second-order valence-corrected chi connectivity index (χ2v) is 5.31. The van der Waals surface area contributed by atoms with Crippen molar-refractivity contribution in [1.82, 2.24) is 0 Å². The molecule has 1 heterocycles. The first-order valence-corrected chi connectivity index (χ1v) is 8.17. The molecule has 0 fully saturated rings. The number of fused-ring (bicyclic) bond motifs is 1. The minimum absolute atomic E-state index is 0.231. The van der Waals surface area contributed by atoms with E-state index in [4.69, 9.17) is 19.6 Å². The third kappa shape index (κ3) is 5.48. The molecule has 0 unspecified atom stereocenters. The molecule has 128 valence electrons. The van der Waals surface area contributed by atoms with E-state index in [1.165, 1.54) is 12.7 Å². The molecule has 1 aromatic rings. The van der Waals surface area contributed by atoms with Crippen LogP contribution in [0, 0.1) is 17.3 Å². The maximum atomic E-state index is 7.68. The summed E-state index contributed by atoms with van der Waals surface area (Å²) in [7, 11) is 1.52. The van der Waals surface area contributed by atoms with Crippen molar-refractivity contribution in [2.75, 3.05) is 40.1 Å². The first-order valence-electron chi connectivity index (χ1n) is 8.17. The highest BCUT2D eigenvalue weighted by Gasteiger charge is 2.16. The Morgan fingerprint density at radius 3 is 2.92 bits per heavy atom. The molecule has 0 radical (unpaired) electrons. The smallest absolute Gasteiger partial charge is 0.186 e. The second kappa shape index (κ2) is 9.86. The number of nitrogens with zero attached hydrogens (tertiary/aromatic N) is 1. The fourth-order valence-electron chi connectivity index (χ4n) is 2.46. The molecule has 0 bridgehead atoms. The lowest BCUT2D eigenvalue weighted by atomic mass is 9.94. The van der Waals surface area contributed by atoms with Crippen molar-refractivity contribution in [3.05, 3.63) is 34.9 Å². The monoisotopic (exact) mass is 328 g/mol. The Labute approximate surface area is 143 Å². The molecule has 0 amide bonds. The van der Waals surface area contributed by atoms with E-state index in [1.807, 2.05) is 19.1 Å². The number of ether oxygens (including phenoxy) is 3. The molecule has 1 aliphatic rings. The van der Waals surface area contributed by atoms with Gasteiger partial charge in [-0.25, -0.2) is 0 Å². The predicted octanol–water partition coefficient (Wildman–Crippen LogP) is 2.45. The van der Waals surface area contributed by atoms with Crippen LogP contribution in [0.5, 0.6) is 0 Å². The number of hydrogen-bond donors (Lipinski definition) is 1. The Kier molecular flexibility index (Phi) is 7.47. The topological polar surface area (TPSA) is 63.9 Å². The fraction of sp³-hybridized carbons (Fsp3) is 0.474. The van der Waals surface area contributed by atoms with Gasteiger partial charge in [-0.3, -0.25) is 10.4 Å². The quantitative estimate of drug-likeness (QED) is 0.362. The SMILES string of the molecule is CCOCCOCC#Cc1ccc2c(c1)CCN=C2CC(=N)OC. The maximum Gasteiger partial charge on any atom is 0.186 e. The van der Waals surface area contributed by atoms with E-state index in [9.17, 15) is 0 Å². The van der Waals surface area contributed by atoms with Gasteiger partial charge in [0.2, 0.25) is 0 Å². The van der Waals surface area contributed by atoms with E-state index in [2.05, 4.69) is 22.9 Å². The molecule has 5 nitrogen and oxygen atoms in total. The van der Waals surface area contributed by atoms with Gasteiger partial charge in [0, 0.05) is 18.7 Å². The van der Waals surface area contributed by atoms with Crippen LogP contribution in [0.15, 0.2) is 23.2 Å². The first kappa shape index (κ1) is 18.2. The lowest BCUT2D eigenvalue weighted by molar-refractivity contribution is 0.0662. The second-order valence-electron chi connectivity index (χ2n) is 5.31. The third-order valence-corrected chi connectivity index (χ3v) is 3.66. The Morgan fingerprint density at radius 1 is 1.29 bits per heavy atom. The summed E-state index contributed by atoms with van der Waals surface area (Å²) in [5, 5.41) is 7.68. The fourth-order valence-corrected chi connectivity index (χ4v) is 2.46. The first-order chi connectivity index (χ1) is 11.7. The van der Waals surface area contributed by atoms with Gasteiger partial charge in [0.05, 0.1) is 32.5 Å². The number of aliphatic imine (C=N–C) groups is 1. The van der Waals surface area contributed by atoms with Crippen LogP contribution in [-0.2, 0) is 20.6 Å². The van der Waals surface area contributed by atoms with Gasteiger partial charge < -0.3 is 14.2 Å². The van der Waals surface area contributed by atoms with Gasteiger partial charge >= 0.3 is 0 Å². The number of nitrogens with one attached hydrogen (secondary N) is 1. The maximum absolute atomic E-state index is 7.68. The van der Waals surface area contributed by atoms with Crippen molar-refractivity contribution in [3.8, 4) is 11.8 Å². The Hall–Kier alpha value is -2.16. The van der Waals surface area contributed by atoms with Gasteiger partial charge in [-0.1, -0.05) is 17.9 Å². The van der Waals surface area contributed by atoms with Gasteiger partial charge in [-0.2, -0.15) is 0 Å². The van der Waals surface area contributed by atoms with Crippen LogP contribution in [0.4, 0.5) is 0 Å². The minimum Gasteiger partial charge on any atom is -0.484 e. The summed E-state index contributed by atoms with van der Waals surface area (Å²) in [4.78, 5) is 4.53. The van der Waals surface area contributed by atoms with E-state index < -0.39 is 0 Å². The average molecular weight is 328 g/mol. The largest absolute Gasteiger partial charge is 0.484 e. The minimum atomic E-state index is 0.231. The highest BCUT2D eigenvalue weighted by atomic mass is 16.5. The van der Waals surface area contributed by atoms with Gasteiger partial charge in [-0.05, 0) is 36.6 Å². The van der Waals surface area contributed by atoms with Crippen LogP contribution >= 0.6 is 0 Å². The molecular formula is C19H24N2O3. The highest BCUT2D eigenvalue weighted by molar-refractivity contribution is 6.11. The van der Waals surface area contributed by atoms with Gasteiger partial charge in [-0.15, -0.1) is 0 Å². The lowest BCUT2D eigenvalue weighted by Gasteiger charge is -2.17. The van der Waals surface area contributed by atoms with Crippen LogP contribution in [0.25, 0.3) is 0 Å². The Morgan fingerprint density at radius 2 is 2.12 bits per heavy atom. The van der Waals surface area contributed by atoms with Crippen molar-refractivity contribution in [2.45, 2.75) is 19.8 Å². The summed E-state index contributed by atoms with van der Waals surface area (Å²) in [6, 6.07) is 6.13. The summed E-state index contributed by atoms with van der Waals surface area (Å²) < 4.78 is 15.5. The summed E-state index contributed by atoms with van der Waals surface area (Å²) in [5.41, 5.74) is 4.22. The van der Waals surface area contributed by atoms with Gasteiger partial charge in [0.15, 0.2) is 5.90 Å². The standard InChI is InChI=1S/C19H24N2O3/c1-3-23-11-12-24-10-4-5-15-6-7-17-16(13-15)8-9-21-18(17)14-19(20)22-2/h6-7,13,20H,3,8-12,14H2,1-2H3.